The Morgan fingerprint density at radius 1 is 0.448 bits per heavy atom. The second-order valence-electron chi connectivity index (χ2n) is 16.5. The third-order valence-corrected chi connectivity index (χ3v) is 12.4. The molecule has 288 valence electrons. The molecule has 0 aliphatic heterocycles. The van der Waals surface area contributed by atoms with Crippen LogP contribution in [0, 0.1) is 6.92 Å². The summed E-state index contributed by atoms with van der Waals surface area (Å²) in [6, 6.07) is 53.7. The first-order valence-corrected chi connectivity index (χ1v) is 19.9. The first-order chi connectivity index (χ1) is 28.0. The van der Waals surface area contributed by atoms with Crippen LogP contribution in [0.4, 0.5) is 4.79 Å². The summed E-state index contributed by atoms with van der Waals surface area (Å²) in [5.41, 5.74) is 12.9. The highest BCUT2D eigenvalue weighted by Gasteiger charge is 2.44. The van der Waals surface area contributed by atoms with Crippen molar-refractivity contribution in [3.05, 3.63) is 219 Å². The van der Waals surface area contributed by atoms with Crippen LogP contribution < -0.4 is 18.9 Å². The summed E-state index contributed by atoms with van der Waals surface area (Å²) in [5.74, 6) is 3.46. The molecule has 0 aromatic heterocycles. The zero-order chi connectivity index (χ0) is 40.2. The second kappa shape index (κ2) is 14.4. The average molecular weight is 763 g/mol. The van der Waals surface area contributed by atoms with Crippen molar-refractivity contribution in [1.29, 1.82) is 0 Å². The van der Waals surface area contributed by atoms with E-state index in [9.17, 15) is 4.79 Å². The summed E-state index contributed by atoms with van der Waals surface area (Å²) in [4.78, 5) is 12.8. The predicted octanol–water partition coefficient (Wildman–Crippen LogP) is 13.0. The second-order valence-corrected chi connectivity index (χ2v) is 16.5. The van der Waals surface area contributed by atoms with E-state index in [1.807, 2.05) is 48.5 Å². The zero-order valence-electron chi connectivity index (χ0n) is 33.7. The predicted molar refractivity (Wildman–Crippen MR) is 229 cm³/mol. The van der Waals surface area contributed by atoms with Gasteiger partial charge >= 0.3 is 6.16 Å². The van der Waals surface area contributed by atoms with Gasteiger partial charge in [0.15, 0.2) is 0 Å². The third-order valence-electron chi connectivity index (χ3n) is 12.4. The maximum Gasteiger partial charge on any atom is 0.519 e. The third kappa shape index (κ3) is 6.41. The number of ether oxygens (including phenoxy) is 4. The Hall–Kier alpha value is -6.59. The Bertz CT molecular complexity index is 2590. The molecule has 0 amide bonds. The number of rotatable bonds is 9. The van der Waals surface area contributed by atoms with Crippen LogP contribution in [0.3, 0.4) is 0 Å². The molecule has 0 unspecified atom stereocenters. The molecule has 0 radical (unpaired) electrons. The lowest BCUT2D eigenvalue weighted by molar-refractivity contribution is 0.152. The standard InChI is InChI=1S/C53H46O5/c1-33-15-17-34(18-16-33)52(2,3)36-21-27-39(28-22-36)57-51(54)58-40-29-23-37(24-30-40)53(4,5)35-19-25-38(26-20-35)56-46-32-31-45(55-6)49-47-41-11-7-9-13-43(41)48(50(46)49)44-14-10-8-12-42(44)47/h7-32,47-48H,1-6H3. The molecular formula is C53H46O5. The van der Waals surface area contributed by atoms with Crippen LogP contribution in [-0.4, -0.2) is 13.3 Å². The molecule has 10 rings (SSSR count). The highest BCUT2D eigenvalue weighted by molar-refractivity contribution is 5.73. The van der Waals surface area contributed by atoms with Gasteiger partial charge in [-0.3, -0.25) is 0 Å². The maximum absolute atomic E-state index is 12.8. The van der Waals surface area contributed by atoms with E-state index in [-0.39, 0.29) is 22.7 Å². The van der Waals surface area contributed by atoms with Crippen LogP contribution in [0.25, 0.3) is 0 Å². The van der Waals surface area contributed by atoms with Crippen molar-refractivity contribution in [3.8, 4) is 28.7 Å². The van der Waals surface area contributed by atoms with Gasteiger partial charge < -0.3 is 18.9 Å². The van der Waals surface area contributed by atoms with Gasteiger partial charge in [-0.05, 0) is 100.0 Å². The van der Waals surface area contributed by atoms with E-state index in [4.69, 9.17) is 18.9 Å². The van der Waals surface area contributed by atoms with Crippen molar-refractivity contribution in [1.82, 2.24) is 0 Å². The fraction of sp³-hybridized carbons (Fsp3) is 0.189. The Balaban J connectivity index is 0.882. The van der Waals surface area contributed by atoms with Crippen molar-refractivity contribution in [2.45, 2.75) is 57.3 Å². The van der Waals surface area contributed by atoms with Crippen LogP contribution in [0.2, 0.25) is 0 Å². The van der Waals surface area contributed by atoms with E-state index in [1.165, 1.54) is 44.5 Å². The normalized spacial score (nSPS) is 15.1. The number of carbonyl (C=O) groups is 1. The minimum absolute atomic E-state index is 0.0541. The smallest absolute Gasteiger partial charge is 0.496 e. The molecule has 7 aromatic rings. The minimum atomic E-state index is -0.785. The van der Waals surface area contributed by atoms with Crippen molar-refractivity contribution in [2.24, 2.45) is 0 Å². The fourth-order valence-corrected chi connectivity index (χ4v) is 8.95. The molecule has 0 heterocycles. The lowest BCUT2D eigenvalue weighted by atomic mass is 9.60. The van der Waals surface area contributed by atoms with E-state index in [2.05, 4.69) is 120 Å². The lowest BCUT2D eigenvalue weighted by Crippen LogP contribution is -2.28. The van der Waals surface area contributed by atoms with E-state index >= 15 is 0 Å². The maximum atomic E-state index is 12.8. The van der Waals surface area contributed by atoms with Crippen molar-refractivity contribution >= 4 is 6.16 Å². The molecule has 3 aliphatic carbocycles. The molecule has 0 spiro atoms. The average Bonchev–Trinajstić information content (AvgIpc) is 3.24. The largest absolute Gasteiger partial charge is 0.519 e. The van der Waals surface area contributed by atoms with Gasteiger partial charge in [-0.2, -0.15) is 0 Å². The summed E-state index contributed by atoms with van der Waals surface area (Å²) in [6.07, 6.45) is -0.785. The van der Waals surface area contributed by atoms with Crippen molar-refractivity contribution in [2.75, 3.05) is 7.11 Å². The Morgan fingerprint density at radius 2 is 0.793 bits per heavy atom. The first-order valence-electron chi connectivity index (χ1n) is 19.9. The Kier molecular flexibility index (Phi) is 9.20. The molecule has 0 fully saturated rings. The Morgan fingerprint density at radius 3 is 1.19 bits per heavy atom. The number of aryl methyl sites for hydroxylation is 1. The summed E-state index contributed by atoms with van der Waals surface area (Å²) >= 11 is 0. The minimum Gasteiger partial charge on any atom is -0.496 e. The van der Waals surface area contributed by atoms with Gasteiger partial charge in [0.25, 0.3) is 0 Å². The van der Waals surface area contributed by atoms with E-state index < -0.39 is 6.16 Å². The van der Waals surface area contributed by atoms with Crippen LogP contribution >= 0.6 is 0 Å². The molecule has 3 aliphatic rings. The molecule has 0 saturated carbocycles. The summed E-state index contributed by atoms with van der Waals surface area (Å²) < 4.78 is 23.8. The molecule has 2 bridgehead atoms. The monoisotopic (exact) mass is 762 g/mol. The topological polar surface area (TPSA) is 54.0 Å². The van der Waals surface area contributed by atoms with E-state index in [0.29, 0.717) is 11.5 Å². The summed E-state index contributed by atoms with van der Waals surface area (Å²) in [6.45, 7) is 10.8. The van der Waals surface area contributed by atoms with Crippen LogP contribution in [0.1, 0.15) is 101 Å². The van der Waals surface area contributed by atoms with Crippen LogP contribution in [0.5, 0.6) is 28.7 Å². The van der Waals surface area contributed by atoms with Crippen LogP contribution in [0.15, 0.2) is 158 Å². The van der Waals surface area contributed by atoms with Crippen molar-refractivity contribution in [3.63, 3.8) is 0 Å². The molecule has 5 heteroatoms. The van der Waals surface area contributed by atoms with E-state index in [1.54, 1.807) is 31.4 Å². The highest BCUT2D eigenvalue weighted by Crippen LogP contribution is 2.60. The first kappa shape index (κ1) is 37.0. The summed E-state index contributed by atoms with van der Waals surface area (Å²) in [5, 5.41) is 0. The Labute approximate surface area is 340 Å². The summed E-state index contributed by atoms with van der Waals surface area (Å²) in [7, 11) is 1.75. The zero-order valence-corrected chi connectivity index (χ0v) is 33.7. The van der Waals surface area contributed by atoms with Gasteiger partial charge in [0.2, 0.25) is 0 Å². The van der Waals surface area contributed by atoms with Crippen LogP contribution in [-0.2, 0) is 10.8 Å². The quantitative estimate of drug-likeness (QED) is 0.108. The SMILES string of the molecule is COc1ccc(Oc2ccc(C(C)(C)c3ccc(OC(=O)Oc4ccc(C(C)(C)c5ccc(C)cc5)cc4)cc3)cc2)c2c1C1c3ccccc3C2c2ccccc21. The molecule has 7 aromatic carbocycles. The van der Waals surface area contributed by atoms with Gasteiger partial charge in [0.1, 0.15) is 28.7 Å². The number of benzene rings is 7. The van der Waals surface area contributed by atoms with Crippen molar-refractivity contribution < 1.29 is 23.7 Å². The molecular weight excluding hydrogens is 717 g/mol. The number of carbonyl (C=O) groups excluding carboxylic acids is 1. The lowest BCUT2D eigenvalue weighted by Gasteiger charge is -2.43. The van der Waals surface area contributed by atoms with Gasteiger partial charge in [0.05, 0.1) is 7.11 Å². The number of hydrogen-bond acceptors (Lipinski definition) is 5. The molecule has 0 N–H and O–H groups in total. The molecule has 0 atom stereocenters. The molecule has 5 nitrogen and oxygen atoms in total. The number of methoxy groups -OCH3 is 1. The fourth-order valence-electron chi connectivity index (χ4n) is 8.95. The number of hydrogen-bond donors (Lipinski definition) is 0. The van der Waals surface area contributed by atoms with Gasteiger partial charge in [0, 0.05) is 33.8 Å². The molecule has 58 heavy (non-hydrogen) atoms. The van der Waals surface area contributed by atoms with Gasteiger partial charge in [-0.15, -0.1) is 0 Å². The highest BCUT2D eigenvalue weighted by atomic mass is 16.7. The molecule has 0 saturated heterocycles. The van der Waals surface area contributed by atoms with Gasteiger partial charge in [-0.1, -0.05) is 142 Å². The van der Waals surface area contributed by atoms with E-state index in [0.717, 1.165) is 33.9 Å². The van der Waals surface area contributed by atoms with Gasteiger partial charge in [-0.25, -0.2) is 4.79 Å².